The molecule has 2 aromatic rings. The molecule has 94 valence electrons. The van der Waals surface area contributed by atoms with Gasteiger partial charge in [-0.05, 0) is 12.1 Å². The molecule has 0 bridgehead atoms. The minimum Gasteiger partial charge on any atom is -0.465 e. The van der Waals surface area contributed by atoms with Gasteiger partial charge < -0.3 is 15.8 Å². The predicted octanol–water partition coefficient (Wildman–Crippen LogP) is 0.786. The number of H-pyrrole nitrogens is 1. The molecular formula is C11H13N5O2. The lowest BCUT2D eigenvalue weighted by molar-refractivity contribution is 0.0600. The molecule has 2 heterocycles. The first-order valence-corrected chi connectivity index (χ1v) is 5.26. The molecule has 18 heavy (non-hydrogen) atoms. The zero-order chi connectivity index (χ0) is 13.0. The summed E-state index contributed by atoms with van der Waals surface area (Å²) in [7, 11) is 1.34. The minimum absolute atomic E-state index is 0.400. The van der Waals surface area contributed by atoms with Gasteiger partial charge in [0, 0.05) is 18.3 Å². The predicted molar refractivity (Wildman–Crippen MR) is 65.9 cm³/mol. The average molecular weight is 247 g/mol. The Morgan fingerprint density at radius 3 is 3.11 bits per heavy atom. The molecule has 4 N–H and O–H groups in total. The molecule has 0 spiro atoms. The van der Waals surface area contributed by atoms with E-state index in [1.807, 2.05) is 0 Å². The first-order chi connectivity index (χ1) is 8.70. The smallest absolute Gasteiger partial charge is 0.338 e. The topological polar surface area (TPSA) is 106 Å². The Kier molecular flexibility index (Phi) is 3.42. The summed E-state index contributed by atoms with van der Waals surface area (Å²) < 4.78 is 4.63. The third-order valence-corrected chi connectivity index (χ3v) is 2.39. The van der Waals surface area contributed by atoms with E-state index in [4.69, 9.17) is 5.73 Å². The van der Waals surface area contributed by atoms with E-state index in [9.17, 15) is 4.79 Å². The van der Waals surface area contributed by atoms with Gasteiger partial charge >= 0.3 is 5.97 Å². The molecule has 0 amide bonds. The quantitative estimate of drug-likeness (QED) is 0.689. The summed E-state index contributed by atoms with van der Waals surface area (Å²) in [4.78, 5) is 15.4. The summed E-state index contributed by atoms with van der Waals surface area (Å²) in [5.41, 5.74) is 6.93. The lowest BCUT2D eigenvalue weighted by Gasteiger charge is -2.05. The zero-order valence-corrected chi connectivity index (χ0v) is 9.80. The number of carbonyl (C=O) groups excluding carboxylic acids is 1. The Morgan fingerprint density at radius 2 is 2.44 bits per heavy atom. The molecule has 0 aliphatic heterocycles. The average Bonchev–Trinajstić information content (AvgIpc) is 2.81. The highest BCUT2D eigenvalue weighted by Crippen LogP contribution is 2.11. The van der Waals surface area contributed by atoms with E-state index < -0.39 is 5.97 Å². The number of rotatable bonds is 4. The normalized spacial score (nSPS) is 10.1. The van der Waals surface area contributed by atoms with Gasteiger partial charge in [-0.3, -0.25) is 5.10 Å². The molecular weight excluding hydrogens is 234 g/mol. The summed E-state index contributed by atoms with van der Waals surface area (Å²) in [5.74, 6) is 0.674. The zero-order valence-electron chi connectivity index (χ0n) is 9.80. The summed E-state index contributed by atoms with van der Waals surface area (Å²) >= 11 is 0. The van der Waals surface area contributed by atoms with Crippen LogP contribution in [0.3, 0.4) is 0 Å². The highest BCUT2D eigenvalue weighted by atomic mass is 16.5. The molecule has 0 atom stereocenters. The number of anilines is 2. The van der Waals surface area contributed by atoms with Gasteiger partial charge in [0.05, 0.1) is 18.9 Å². The van der Waals surface area contributed by atoms with Gasteiger partial charge in [0.25, 0.3) is 0 Å². The second kappa shape index (κ2) is 5.17. The highest BCUT2D eigenvalue weighted by Gasteiger charge is 2.07. The number of aromatic amines is 1. The van der Waals surface area contributed by atoms with Crippen molar-refractivity contribution in [3.63, 3.8) is 0 Å². The molecule has 0 unspecified atom stereocenters. The molecule has 2 aromatic heterocycles. The lowest BCUT2D eigenvalue weighted by atomic mass is 10.2. The molecule has 0 radical (unpaired) electrons. The third kappa shape index (κ3) is 2.57. The number of nitrogens with two attached hydrogens (primary N) is 1. The summed E-state index contributed by atoms with van der Waals surface area (Å²) in [6.07, 6.45) is 3.17. The maximum Gasteiger partial charge on any atom is 0.338 e. The SMILES string of the molecule is COC(=O)c1ccnc(NCc2cn[nH]c2N)c1. The van der Waals surface area contributed by atoms with Crippen LogP contribution in [0.1, 0.15) is 15.9 Å². The van der Waals surface area contributed by atoms with Crippen molar-refractivity contribution in [3.8, 4) is 0 Å². The summed E-state index contributed by atoms with van der Waals surface area (Å²) in [6, 6.07) is 3.20. The van der Waals surface area contributed by atoms with E-state index in [1.54, 1.807) is 18.3 Å². The van der Waals surface area contributed by atoms with Crippen LogP contribution in [0, 0.1) is 0 Å². The second-order valence-electron chi connectivity index (χ2n) is 3.58. The van der Waals surface area contributed by atoms with Crippen molar-refractivity contribution >= 4 is 17.6 Å². The number of aromatic nitrogens is 3. The van der Waals surface area contributed by atoms with Gasteiger partial charge in [0.1, 0.15) is 11.6 Å². The van der Waals surface area contributed by atoms with Crippen LogP contribution < -0.4 is 11.1 Å². The third-order valence-electron chi connectivity index (χ3n) is 2.39. The first kappa shape index (κ1) is 11.9. The van der Waals surface area contributed by atoms with E-state index in [0.717, 1.165) is 5.56 Å². The van der Waals surface area contributed by atoms with Gasteiger partial charge in [-0.2, -0.15) is 5.10 Å². The van der Waals surface area contributed by atoms with Gasteiger partial charge in [-0.1, -0.05) is 0 Å². The van der Waals surface area contributed by atoms with Crippen molar-refractivity contribution in [2.45, 2.75) is 6.54 Å². The van der Waals surface area contributed by atoms with Crippen LogP contribution in [0.25, 0.3) is 0 Å². The Labute approximate surface area is 103 Å². The fourth-order valence-electron chi connectivity index (χ4n) is 1.42. The molecule has 0 saturated heterocycles. The molecule has 7 heteroatoms. The van der Waals surface area contributed by atoms with Crippen molar-refractivity contribution in [1.29, 1.82) is 0 Å². The molecule has 7 nitrogen and oxygen atoms in total. The van der Waals surface area contributed by atoms with Crippen molar-refractivity contribution in [3.05, 3.63) is 35.7 Å². The fourth-order valence-corrected chi connectivity index (χ4v) is 1.42. The molecule has 0 aliphatic rings. The maximum atomic E-state index is 11.3. The van der Waals surface area contributed by atoms with E-state index in [1.165, 1.54) is 13.3 Å². The molecule has 0 saturated carbocycles. The summed E-state index contributed by atoms with van der Waals surface area (Å²) in [6.45, 7) is 0.472. The van der Waals surface area contributed by atoms with Crippen molar-refractivity contribution in [2.24, 2.45) is 0 Å². The lowest BCUT2D eigenvalue weighted by Crippen LogP contribution is -2.06. The van der Waals surface area contributed by atoms with E-state index in [-0.39, 0.29) is 0 Å². The number of nitrogen functional groups attached to an aromatic ring is 1. The van der Waals surface area contributed by atoms with Gasteiger partial charge in [-0.25, -0.2) is 9.78 Å². The van der Waals surface area contributed by atoms with Gasteiger partial charge in [0.15, 0.2) is 0 Å². The number of methoxy groups -OCH3 is 1. The molecule has 2 rings (SSSR count). The number of hydrogen-bond acceptors (Lipinski definition) is 6. The van der Waals surface area contributed by atoms with Crippen molar-refractivity contribution in [1.82, 2.24) is 15.2 Å². The van der Waals surface area contributed by atoms with E-state index >= 15 is 0 Å². The van der Waals surface area contributed by atoms with Crippen molar-refractivity contribution < 1.29 is 9.53 Å². The van der Waals surface area contributed by atoms with Crippen LogP contribution >= 0.6 is 0 Å². The van der Waals surface area contributed by atoms with Crippen LogP contribution in [0.4, 0.5) is 11.6 Å². The first-order valence-electron chi connectivity index (χ1n) is 5.26. The van der Waals surface area contributed by atoms with E-state index in [2.05, 4.69) is 25.2 Å². The Bertz CT molecular complexity index is 552. The van der Waals surface area contributed by atoms with E-state index in [0.29, 0.717) is 23.7 Å². The summed E-state index contributed by atoms with van der Waals surface area (Å²) in [5, 5.41) is 9.49. The number of hydrogen-bond donors (Lipinski definition) is 3. The van der Waals surface area contributed by atoms with Gasteiger partial charge in [-0.15, -0.1) is 0 Å². The van der Waals surface area contributed by atoms with Crippen LogP contribution in [0.15, 0.2) is 24.5 Å². The van der Waals surface area contributed by atoms with Gasteiger partial charge in [0.2, 0.25) is 0 Å². The maximum absolute atomic E-state index is 11.3. The number of ether oxygens (including phenoxy) is 1. The van der Waals surface area contributed by atoms with Crippen LogP contribution in [-0.4, -0.2) is 28.3 Å². The van der Waals surface area contributed by atoms with Crippen LogP contribution in [-0.2, 0) is 11.3 Å². The monoisotopic (exact) mass is 247 g/mol. The van der Waals surface area contributed by atoms with Crippen LogP contribution in [0.2, 0.25) is 0 Å². The Morgan fingerprint density at radius 1 is 1.61 bits per heavy atom. The number of esters is 1. The minimum atomic E-state index is -0.400. The standard InChI is InChI=1S/C11H13N5O2/c1-18-11(17)7-2-3-13-9(4-7)14-5-8-6-15-16-10(8)12/h2-4,6H,5H2,1H3,(H,13,14)(H3,12,15,16). The van der Waals surface area contributed by atoms with Crippen LogP contribution in [0.5, 0.6) is 0 Å². The Hall–Kier alpha value is -2.57. The fraction of sp³-hybridized carbons (Fsp3) is 0.182. The van der Waals surface area contributed by atoms with Crippen molar-refractivity contribution in [2.75, 3.05) is 18.2 Å². The largest absolute Gasteiger partial charge is 0.465 e. The number of nitrogens with one attached hydrogen (secondary N) is 2. The number of pyridine rings is 1. The molecule has 0 aromatic carbocycles. The number of nitrogens with zero attached hydrogens (tertiary/aromatic N) is 2. The second-order valence-corrected chi connectivity index (χ2v) is 3.58. The highest BCUT2D eigenvalue weighted by molar-refractivity contribution is 5.89. The molecule has 0 aliphatic carbocycles. The number of carbonyl (C=O) groups is 1. The Balaban J connectivity index is 2.06. The molecule has 0 fully saturated rings.